The van der Waals surface area contributed by atoms with E-state index in [-0.39, 0.29) is 11.4 Å². The molecule has 4 nitrogen and oxygen atoms in total. The van der Waals surface area contributed by atoms with Crippen molar-refractivity contribution in [2.45, 2.75) is 13.3 Å². The van der Waals surface area contributed by atoms with E-state index in [0.717, 1.165) is 5.56 Å². The van der Waals surface area contributed by atoms with E-state index in [0.29, 0.717) is 28.2 Å². The average molecular weight is 275 g/mol. The molecule has 2 heterocycles. The van der Waals surface area contributed by atoms with Gasteiger partial charge in [-0.15, -0.1) is 0 Å². The molecule has 3 rings (SSSR count). The zero-order valence-electron chi connectivity index (χ0n) is 10.1. The molecule has 6 heteroatoms. The summed E-state index contributed by atoms with van der Waals surface area (Å²) in [6.07, 6.45) is 0.461. The van der Waals surface area contributed by atoms with E-state index in [4.69, 9.17) is 0 Å². The summed E-state index contributed by atoms with van der Waals surface area (Å²) in [4.78, 5) is 19.7. The van der Waals surface area contributed by atoms with Crippen molar-refractivity contribution in [3.8, 4) is 0 Å². The molecule has 96 valence electrons. The molecule has 0 unspecified atom stereocenters. The molecule has 0 bridgehead atoms. The number of nitrogens with zero attached hydrogens (tertiary/aromatic N) is 2. The summed E-state index contributed by atoms with van der Waals surface area (Å²) in [5, 5.41) is 0.549. The van der Waals surface area contributed by atoms with Gasteiger partial charge in [-0.05, 0) is 36.2 Å². The van der Waals surface area contributed by atoms with E-state index in [1.807, 2.05) is 0 Å². The van der Waals surface area contributed by atoms with Crippen LogP contribution in [0.25, 0.3) is 10.2 Å². The van der Waals surface area contributed by atoms with Gasteiger partial charge in [0.1, 0.15) is 11.6 Å². The summed E-state index contributed by atoms with van der Waals surface area (Å²) < 4.78 is 16.9. The van der Waals surface area contributed by atoms with Crippen LogP contribution in [0.4, 0.5) is 4.39 Å². The van der Waals surface area contributed by atoms with E-state index in [1.54, 1.807) is 19.1 Å². The minimum absolute atomic E-state index is 0.173. The van der Waals surface area contributed by atoms with Crippen molar-refractivity contribution in [3.63, 3.8) is 0 Å². The van der Waals surface area contributed by atoms with E-state index >= 15 is 0 Å². The number of aromatic amines is 1. The second kappa shape index (κ2) is 4.55. The molecule has 0 saturated heterocycles. The van der Waals surface area contributed by atoms with Crippen LogP contribution < -0.4 is 5.56 Å². The van der Waals surface area contributed by atoms with Crippen LogP contribution in [0, 0.1) is 12.7 Å². The Morgan fingerprint density at radius 1 is 1.32 bits per heavy atom. The molecule has 0 aliphatic rings. The van der Waals surface area contributed by atoms with Crippen LogP contribution in [0.3, 0.4) is 0 Å². The van der Waals surface area contributed by atoms with Crippen LogP contribution in [0.2, 0.25) is 0 Å². The summed E-state index contributed by atoms with van der Waals surface area (Å²) in [5.41, 5.74) is 1.42. The van der Waals surface area contributed by atoms with Crippen LogP contribution in [-0.2, 0) is 6.42 Å². The van der Waals surface area contributed by atoms with Crippen molar-refractivity contribution in [3.05, 3.63) is 57.5 Å². The standard InChI is InChI=1S/C13H10FN3OS/c1-7-11-12(18)15-10(16-13(11)19-17-7)6-8-2-4-9(14)5-3-8/h2-5H,6H2,1H3,(H,15,16,18). The second-order valence-corrected chi connectivity index (χ2v) is 5.02. The van der Waals surface area contributed by atoms with Crippen LogP contribution in [-0.4, -0.2) is 14.3 Å². The van der Waals surface area contributed by atoms with Crippen molar-refractivity contribution in [2.24, 2.45) is 0 Å². The molecular weight excluding hydrogens is 265 g/mol. The van der Waals surface area contributed by atoms with Crippen LogP contribution in [0.1, 0.15) is 17.1 Å². The molecule has 0 aliphatic heterocycles. The van der Waals surface area contributed by atoms with Crippen molar-refractivity contribution >= 4 is 21.7 Å². The Labute approximate surface area is 112 Å². The number of aryl methyl sites for hydroxylation is 1. The maximum Gasteiger partial charge on any atom is 0.261 e. The number of fused-ring (bicyclic) bond motifs is 1. The molecule has 0 amide bonds. The lowest BCUT2D eigenvalue weighted by atomic mass is 10.1. The lowest BCUT2D eigenvalue weighted by Crippen LogP contribution is -2.11. The Hall–Kier alpha value is -2.08. The first-order valence-corrected chi connectivity index (χ1v) is 6.50. The average Bonchev–Trinajstić information content (AvgIpc) is 2.74. The summed E-state index contributed by atoms with van der Waals surface area (Å²) in [5.74, 6) is 0.284. The number of hydrogen-bond donors (Lipinski definition) is 1. The lowest BCUT2D eigenvalue weighted by molar-refractivity contribution is 0.627. The van der Waals surface area contributed by atoms with Crippen molar-refractivity contribution in [2.75, 3.05) is 0 Å². The van der Waals surface area contributed by atoms with Crippen LogP contribution >= 0.6 is 11.5 Å². The monoisotopic (exact) mass is 275 g/mol. The van der Waals surface area contributed by atoms with Gasteiger partial charge in [0.15, 0.2) is 4.83 Å². The quantitative estimate of drug-likeness (QED) is 0.781. The SMILES string of the molecule is Cc1nsc2nc(Cc3ccc(F)cc3)[nH]c(=O)c12. The van der Waals surface area contributed by atoms with E-state index in [1.165, 1.54) is 23.7 Å². The molecule has 0 spiro atoms. The Kier molecular flexibility index (Phi) is 2.87. The first kappa shape index (κ1) is 12.0. The van der Waals surface area contributed by atoms with E-state index in [2.05, 4.69) is 14.3 Å². The fraction of sp³-hybridized carbons (Fsp3) is 0.154. The summed E-state index contributed by atoms with van der Waals surface area (Å²) in [7, 11) is 0. The topological polar surface area (TPSA) is 58.6 Å². The molecule has 0 fully saturated rings. The molecule has 0 atom stereocenters. The second-order valence-electron chi connectivity index (χ2n) is 4.26. The highest BCUT2D eigenvalue weighted by Crippen LogP contribution is 2.16. The zero-order valence-corrected chi connectivity index (χ0v) is 10.9. The number of H-pyrrole nitrogens is 1. The predicted molar refractivity (Wildman–Crippen MR) is 72.0 cm³/mol. The highest BCUT2D eigenvalue weighted by atomic mass is 32.1. The highest BCUT2D eigenvalue weighted by molar-refractivity contribution is 7.12. The third kappa shape index (κ3) is 2.26. The summed E-state index contributed by atoms with van der Waals surface area (Å²) in [6.45, 7) is 1.79. The predicted octanol–water partition coefficient (Wildman–Crippen LogP) is 2.42. The lowest BCUT2D eigenvalue weighted by Gasteiger charge is -2.01. The van der Waals surface area contributed by atoms with Crippen LogP contribution in [0.5, 0.6) is 0 Å². The number of benzene rings is 1. The zero-order chi connectivity index (χ0) is 13.4. The number of rotatable bonds is 2. The summed E-state index contributed by atoms with van der Waals surface area (Å²) >= 11 is 1.21. The van der Waals surface area contributed by atoms with Gasteiger partial charge < -0.3 is 4.98 Å². The van der Waals surface area contributed by atoms with Gasteiger partial charge in [-0.3, -0.25) is 4.79 Å². The highest BCUT2D eigenvalue weighted by Gasteiger charge is 2.10. The third-order valence-corrected chi connectivity index (χ3v) is 3.68. The van der Waals surface area contributed by atoms with Gasteiger partial charge >= 0.3 is 0 Å². The normalized spacial score (nSPS) is 11.1. The molecule has 19 heavy (non-hydrogen) atoms. The van der Waals surface area contributed by atoms with E-state index in [9.17, 15) is 9.18 Å². The van der Waals surface area contributed by atoms with Gasteiger partial charge in [-0.1, -0.05) is 12.1 Å². The van der Waals surface area contributed by atoms with Crippen molar-refractivity contribution in [1.82, 2.24) is 14.3 Å². The van der Waals surface area contributed by atoms with Gasteiger partial charge in [0.05, 0.1) is 11.1 Å². The minimum Gasteiger partial charge on any atom is -0.310 e. The van der Waals surface area contributed by atoms with Gasteiger partial charge in [0.25, 0.3) is 5.56 Å². The summed E-state index contributed by atoms with van der Waals surface area (Å²) in [6, 6.07) is 6.14. The third-order valence-electron chi connectivity index (χ3n) is 2.85. The van der Waals surface area contributed by atoms with E-state index < -0.39 is 0 Å². The molecule has 1 N–H and O–H groups in total. The Balaban J connectivity index is 2.02. The maximum atomic E-state index is 12.8. The molecule has 2 aromatic heterocycles. The fourth-order valence-electron chi connectivity index (χ4n) is 1.92. The Morgan fingerprint density at radius 2 is 2.05 bits per heavy atom. The number of halogens is 1. The number of aromatic nitrogens is 3. The van der Waals surface area contributed by atoms with Gasteiger partial charge in [-0.2, -0.15) is 4.37 Å². The molecule has 1 aromatic carbocycles. The van der Waals surface area contributed by atoms with Gasteiger partial charge in [-0.25, -0.2) is 9.37 Å². The van der Waals surface area contributed by atoms with Crippen LogP contribution in [0.15, 0.2) is 29.1 Å². The minimum atomic E-state index is -0.279. The molecule has 0 saturated carbocycles. The molecular formula is C13H10FN3OS. The number of hydrogen-bond acceptors (Lipinski definition) is 4. The molecule has 0 radical (unpaired) electrons. The molecule has 0 aliphatic carbocycles. The largest absolute Gasteiger partial charge is 0.310 e. The first-order chi connectivity index (χ1) is 9.13. The fourth-order valence-corrected chi connectivity index (χ4v) is 2.72. The first-order valence-electron chi connectivity index (χ1n) is 5.73. The maximum absolute atomic E-state index is 12.8. The Bertz CT molecular complexity index is 792. The van der Waals surface area contributed by atoms with Crippen molar-refractivity contribution in [1.29, 1.82) is 0 Å². The van der Waals surface area contributed by atoms with Gasteiger partial charge in [0.2, 0.25) is 0 Å². The number of nitrogens with one attached hydrogen (secondary N) is 1. The van der Waals surface area contributed by atoms with Gasteiger partial charge in [0, 0.05) is 6.42 Å². The smallest absolute Gasteiger partial charge is 0.261 e. The Morgan fingerprint density at radius 3 is 2.79 bits per heavy atom. The van der Waals surface area contributed by atoms with Crippen molar-refractivity contribution < 1.29 is 4.39 Å². The molecule has 3 aromatic rings.